The van der Waals surface area contributed by atoms with Gasteiger partial charge < -0.3 is 20.3 Å². The van der Waals surface area contributed by atoms with Crippen molar-refractivity contribution in [2.24, 2.45) is 0 Å². The van der Waals surface area contributed by atoms with Crippen LogP contribution in [0.25, 0.3) is 11.2 Å². The maximum absolute atomic E-state index is 13.7. The predicted octanol–water partition coefficient (Wildman–Crippen LogP) is 2.12. The molecule has 0 bridgehead atoms. The molecule has 1 aliphatic heterocycles. The van der Waals surface area contributed by atoms with E-state index in [1.54, 1.807) is 24.3 Å². The highest BCUT2D eigenvalue weighted by atomic mass is 16.6. The van der Waals surface area contributed by atoms with Crippen molar-refractivity contribution in [2.45, 2.75) is 30.9 Å². The molecule has 0 aliphatic carbocycles. The quantitative estimate of drug-likeness (QED) is 0.370. The van der Waals surface area contributed by atoms with Gasteiger partial charge in [0, 0.05) is 18.5 Å². The number of hydrogen-bond donors (Lipinski definition) is 3. The summed E-state index contributed by atoms with van der Waals surface area (Å²) in [6.45, 7) is 0.117. The third-order valence-electron chi connectivity index (χ3n) is 5.86. The van der Waals surface area contributed by atoms with Gasteiger partial charge >= 0.3 is 0 Å². The second-order valence-electron chi connectivity index (χ2n) is 7.94. The molecule has 168 valence electrons. The van der Waals surface area contributed by atoms with E-state index in [-0.39, 0.29) is 12.2 Å². The van der Waals surface area contributed by atoms with Gasteiger partial charge in [-0.15, -0.1) is 0 Å². The molecule has 2 aromatic carbocycles. The molecule has 3 heterocycles. The molecule has 9 heteroatoms. The maximum atomic E-state index is 13.7. The van der Waals surface area contributed by atoms with Gasteiger partial charge in [0.25, 0.3) is 0 Å². The molecular weight excluding hydrogens is 422 g/mol. The maximum Gasteiger partial charge on any atom is 0.215 e. The number of Topliss-reactive ketones (excluding diaryl/α,β-unsaturated/α-hetero) is 1. The van der Waals surface area contributed by atoms with Crippen LogP contribution < -0.4 is 5.32 Å². The summed E-state index contributed by atoms with van der Waals surface area (Å²) in [4.78, 5) is 26.9. The first-order chi connectivity index (χ1) is 16.1. The van der Waals surface area contributed by atoms with Gasteiger partial charge in [-0.3, -0.25) is 9.36 Å². The monoisotopic (exact) mass is 445 g/mol. The molecule has 33 heavy (non-hydrogen) atoms. The second-order valence-corrected chi connectivity index (χ2v) is 7.94. The Kier molecular flexibility index (Phi) is 5.59. The zero-order chi connectivity index (χ0) is 22.8. The van der Waals surface area contributed by atoms with Gasteiger partial charge in [-0.25, -0.2) is 15.0 Å². The average molecular weight is 445 g/mol. The van der Waals surface area contributed by atoms with Gasteiger partial charge in [-0.2, -0.15) is 0 Å². The number of imidazole rings is 1. The lowest BCUT2D eigenvalue weighted by atomic mass is 9.96. The number of ether oxygens (including phenoxy) is 1. The Labute approximate surface area is 189 Å². The van der Waals surface area contributed by atoms with Crippen molar-refractivity contribution in [1.82, 2.24) is 19.5 Å². The summed E-state index contributed by atoms with van der Waals surface area (Å²) in [6.07, 6.45) is 0.878. The molecule has 0 unspecified atom stereocenters. The van der Waals surface area contributed by atoms with E-state index in [1.165, 1.54) is 17.2 Å². The molecule has 3 atom stereocenters. The molecule has 5 rings (SSSR count). The van der Waals surface area contributed by atoms with E-state index in [1.807, 2.05) is 36.4 Å². The summed E-state index contributed by atoms with van der Waals surface area (Å²) in [5.74, 6) is 0.164. The number of carbonyl (C=O) groups is 1. The van der Waals surface area contributed by atoms with Crippen molar-refractivity contribution in [3.05, 3.63) is 84.4 Å². The number of nitrogens with zero attached hydrogens (tertiary/aromatic N) is 4. The number of ketones is 1. The average Bonchev–Trinajstić information content (AvgIpc) is 3.45. The van der Waals surface area contributed by atoms with Crippen LogP contribution in [0.2, 0.25) is 0 Å². The van der Waals surface area contributed by atoms with Crippen LogP contribution in [0.4, 0.5) is 5.82 Å². The summed E-state index contributed by atoms with van der Waals surface area (Å²) in [7, 11) is 0. The smallest absolute Gasteiger partial charge is 0.215 e. The molecular formula is C24H23N5O4. The third-order valence-corrected chi connectivity index (χ3v) is 5.86. The number of rotatable bonds is 7. The van der Waals surface area contributed by atoms with E-state index >= 15 is 0 Å². The van der Waals surface area contributed by atoms with Crippen LogP contribution in [-0.2, 0) is 17.0 Å². The number of nitrogens with one attached hydrogen (secondary N) is 1. The van der Waals surface area contributed by atoms with Crippen LogP contribution >= 0.6 is 0 Å². The van der Waals surface area contributed by atoms with Crippen LogP contribution in [-0.4, -0.2) is 54.3 Å². The fraction of sp³-hybridized carbons (Fsp3) is 0.250. The molecule has 0 spiro atoms. The highest BCUT2D eigenvalue weighted by Gasteiger charge is 2.53. The van der Waals surface area contributed by atoms with Crippen LogP contribution in [0.15, 0.2) is 73.3 Å². The number of aliphatic hydroxyl groups excluding tert-OH is 2. The van der Waals surface area contributed by atoms with E-state index in [2.05, 4.69) is 20.3 Å². The highest BCUT2D eigenvalue weighted by molar-refractivity contribution is 6.02. The van der Waals surface area contributed by atoms with Crippen molar-refractivity contribution in [1.29, 1.82) is 0 Å². The number of carbonyl (C=O) groups excluding carboxylic acids is 1. The minimum absolute atomic E-state index is 0.0474. The summed E-state index contributed by atoms with van der Waals surface area (Å²) < 4.78 is 7.57. The van der Waals surface area contributed by atoms with Crippen LogP contribution in [0.1, 0.15) is 22.3 Å². The normalized spacial score (nSPS) is 22.5. The standard InChI is InChI=1S/C24H23N5O4/c30-13-19-18(31)11-24(33-19,21(32)17-9-5-2-6-10-17)29-15-28-20-22(26-14-27-23(20)29)25-12-16-7-3-1-4-8-16/h1-10,14-15,18-19,30-31H,11-13H2,(H,25,26,27)/t18-,19+,24-/m0/s1. The Morgan fingerprint density at radius 2 is 1.82 bits per heavy atom. The first-order valence-electron chi connectivity index (χ1n) is 10.7. The molecule has 1 aliphatic rings. The van der Waals surface area contributed by atoms with Gasteiger partial charge in [0.15, 0.2) is 17.0 Å². The lowest BCUT2D eigenvalue weighted by Gasteiger charge is -2.29. The van der Waals surface area contributed by atoms with E-state index in [9.17, 15) is 15.0 Å². The Balaban J connectivity index is 1.57. The molecule has 0 radical (unpaired) electrons. The Morgan fingerprint density at radius 1 is 1.09 bits per heavy atom. The molecule has 1 fully saturated rings. The number of hydrogen-bond acceptors (Lipinski definition) is 8. The Morgan fingerprint density at radius 3 is 2.52 bits per heavy atom. The van der Waals surface area contributed by atoms with Gasteiger partial charge in [0.1, 0.15) is 12.4 Å². The molecule has 9 nitrogen and oxygen atoms in total. The minimum atomic E-state index is -1.60. The third kappa shape index (κ3) is 3.76. The van der Waals surface area contributed by atoms with Crippen LogP contribution in [0, 0.1) is 0 Å². The Hall–Kier alpha value is -3.66. The number of fused-ring (bicyclic) bond motifs is 1. The number of anilines is 1. The van der Waals surface area contributed by atoms with Crippen molar-refractivity contribution in [3.8, 4) is 0 Å². The van der Waals surface area contributed by atoms with Crippen molar-refractivity contribution in [3.63, 3.8) is 0 Å². The zero-order valence-corrected chi connectivity index (χ0v) is 17.7. The summed E-state index contributed by atoms with van der Waals surface area (Å²) >= 11 is 0. The van der Waals surface area contributed by atoms with Gasteiger partial charge in [0.05, 0.1) is 19.0 Å². The first kappa shape index (κ1) is 21.2. The number of aromatic nitrogens is 4. The molecule has 3 N–H and O–H groups in total. The topological polar surface area (TPSA) is 122 Å². The van der Waals surface area contributed by atoms with Gasteiger partial charge in [0.2, 0.25) is 11.5 Å². The summed E-state index contributed by atoms with van der Waals surface area (Å²) in [5.41, 5.74) is 0.748. The van der Waals surface area contributed by atoms with Crippen molar-refractivity contribution < 1.29 is 19.7 Å². The zero-order valence-electron chi connectivity index (χ0n) is 17.7. The van der Waals surface area contributed by atoms with Crippen LogP contribution in [0.3, 0.4) is 0 Å². The first-order valence-corrected chi connectivity index (χ1v) is 10.7. The van der Waals surface area contributed by atoms with E-state index in [0.717, 1.165) is 5.56 Å². The highest BCUT2D eigenvalue weighted by Crippen LogP contribution is 2.40. The van der Waals surface area contributed by atoms with E-state index in [4.69, 9.17) is 4.74 Å². The second kappa shape index (κ2) is 8.70. The van der Waals surface area contributed by atoms with E-state index < -0.39 is 24.5 Å². The molecule has 0 amide bonds. The molecule has 4 aromatic rings. The fourth-order valence-electron chi connectivity index (χ4n) is 4.19. The lowest BCUT2D eigenvalue weighted by Crippen LogP contribution is -2.42. The number of benzene rings is 2. The van der Waals surface area contributed by atoms with Crippen molar-refractivity contribution in [2.75, 3.05) is 11.9 Å². The largest absolute Gasteiger partial charge is 0.394 e. The lowest BCUT2D eigenvalue weighted by molar-refractivity contribution is -0.0900. The summed E-state index contributed by atoms with van der Waals surface area (Å²) in [5, 5.41) is 23.5. The predicted molar refractivity (Wildman–Crippen MR) is 120 cm³/mol. The fourth-order valence-corrected chi connectivity index (χ4v) is 4.19. The number of aliphatic hydroxyl groups is 2. The molecule has 0 saturated carbocycles. The van der Waals surface area contributed by atoms with Crippen LogP contribution in [0.5, 0.6) is 0 Å². The van der Waals surface area contributed by atoms with Crippen molar-refractivity contribution >= 4 is 22.8 Å². The minimum Gasteiger partial charge on any atom is -0.394 e. The van der Waals surface area contributed by atoms with Gasteiger partial charge in [-0.05, 0) is 5.56 Å². The van der Waals surface area contributed by atoms with E-state index in [0.29, 0.717) is 29.1 Å². The Bertz CT molecular complexity index is 1260. The summed E-state index contributed by atoms with van der Waals surface area (Å²) in [6, 6.07) is 18.6. The van der Waals surface area contributed by atoms with Gasteiger partial charge in [-0.1, -0.05) is 60.7 Å². The SMILES string of the molecule is O=C(c1ccccc1)[C@]1(n2cnc3c(NCc4ccccc4)ncnc32)C[C@H](O)[C@@H](CO)O1. The molecule has 1 saturated heterocycles. The molecule has 2 aromatic heterocycles.